The van der Waals surface area contributed by atoms with Gasteiger partial charge in [0.15, 0.2) is 0 Å². The first-order valence-corrected chi connectivity index (χ1v) is 12.0. The van der Waals surface area contributed by atoms with Gasteiger partial charge in [-0.25, -0.2) is 0 Å². The molecule has 1 fully saturated rings. The van der Waals surface area contributed by atoms with Crippen molar-refractivity contribution in [3.8, 4) is 5.69 Å². The second kappa shape index (κ2) is 9.22. The first-order chi connectivity index (χ1) is 16.1. The van der Waals surface area contributed by atoms with Gasteiger partial charge in [-0.15, -0.1) is 0 Å². The first-order valence-electron chi connectivity index (χ1n) is 12.0. The Kier molecular flexibility index (Phi) is 5.99. The van der Waals surface area contributed by atoms with Crippen LogP contribution in [0.4, 0.5) is 5.69 Å². The highest BCUT2D eigenvalue weighted by atomic mass is 15.3. The molecule has 0 aliphatic heterocycles. The molecule has 0 bridgehead atoms. The SMILES string of the molecule is Cc1cc(N/N=C/c2cc(C)n(-c3ccccc3)c2C)c2cc(C3CCCCC3)ccc2n1. The molecule has 4 nitrogen and oxygen atoms in total. The Balaban J connectivity index is 1.43. The van der Waals surface area contributed by atoms with Crippen molar-refractivity contribution in [1.82, 2.24) is 9.55 Å². The maximum Gasteiger partial charge on any atom is 0.0726 e. The van der Waals surface area contributed by atoms with E-state index in [1.807, 2.05) is 19.2 Å². The van der Waals surface area contributed by atoms with E-state index in [9.17, 15) is 0 Å². The van der Waals surface area contributed by atoms with Crippen molar-refractivity contribution in [2.24, 2.45) is 5.10 Å². The van der Waals surface area contributed by atoms with Crippen LogP contribution in [0.5, 0.6) is 0 Å². The van der Waals surface area contributed by atoms with Crippen LogP contribution in [0.2, 0.25) is 0 Å². The van der Waals surface area contributed by atoms with E-state index in [1.165, 1.54) is 54.7 Å². The van der Waals surface area contributed by atoms with Crippen molar-refractivity contribution in [1.29, 1.82) is 0 Å². The number of hydrogen-bond acceptors (Lipinski definition) is 3. The molecule has 2 aromatic carbocycles. The molecule has 1 aliphatic rings. The predicted octanol–water partition coefficient (Wildman–Crippen LogP) is 7.44. The fourth-order valence-electron chi connectivity index (χ4n) is 5.22. The van der Waals surface area contributed by atoms with Gasteiger partial charge in [0, 0.05) is 33.7 Å². The number of pyridine rings is 1. The van der Waals surface area contributed by atoms with Gasteiger partial charge >= 0.3 is 0 Å². The molecule has 4 heteroatoms. The minimum absolute atomic E-state index is 0.671. The van der Waals surface area contributed by atoms with Crippen LogP contribution in [0.15, 0.2) is 65.8 Å². The summed E-state index contributed by atoms with van der Waals surface area (Å²) < 4.78 is 2.27. The summed E-state index contributed by atoms with van der Waals surface area (Å²) in [6, 6.07) is 21.5. The topological polar surface area (TPSA) is 42.2 Å². The lowest BCUT2D eigenvalue weighted by Gasteiger charge is -2.22. The lowest BCUT2D eigenvalue weighted by Crippen LogP contribution is -2.05. The van der Waals surface area contributed by atoms with Crippen molar-refractivity contribution < 1.29 is 0 Å². The van der Waals surface area contributed by atoms with Crippen LogP contribution in [-0.4, -0.2) is 15.8 Å². The second-order valence-electron chi connectivity index (χ2n) is 9.29. The Labute approximate surface area is 196 Å². The summed E-state index contributed by atoms with van der Waals surface area (Å²) in [5.41, 5.74) is 12.5. The number of para-hydroxylation sites is 1. The molecule has 2 heterocycles. The van der Waals surface area contributed by atoms with E-state index in [-0.39, 0.29) is 0 Å². The maximum atomic E-state index is 4.76. The van der Waals surface area contributed by atoms with Crippen LogP contribution >= 0.6 is 0 Å². The molecular formula is C29H32N4. The van der Waals surface area contributed by atoms with Crippen molar-refractivity contribution in [3.05, 3.63) is 88.9 Å². The Morgan fingerprint density at radius 2 is 1.73 bits per heavy atom. The lowest BCUT2D eigenvalue weighted by atomic mass is 9.83. The Morgan fingerprint density at radius 1 is 0.939 bits per heavy atom. The van der Waals surface area contributed by atoms with Crippen LogP contribution in [0, 0.1) is 20.8 Å². The Hall–Kier alpha value is -3.40. The molecular weight excluding hydrogens is 404 g/mol. The van der Waals surface area contributed by atoms with Gasteiger partial charge in [-0.1, -0.05) is 43.5 Å². The molecule has 1 saturated carbocycles. The largest absolute Gasteiger partial charge is 0.318 e. The summed E-state index contributed by atoms with van der Waals surface area (Å²) in [5.74, 6) is 0.671. The number of benzene rings is 2. The number of fused-ring (bicyclic) bond motifs is 1. The van der Waals surface area contributed by atoms with Gasteiger partial charge in [-0.3, -0.25) is 10.4 Å². The van der Waals surface area contributed by atoms with Gasteiger partial charge < -0.3 is 4.57 Å². The zero-order valence-corrected chi connectivity index (χ0v) is 19.8. The van der Waals surface area contributed by atoms with E-state index < -0.39 is 0 Å². The number of rotatable bonds is 5. The standard InChI is InChI=1S/C29H32N4/c1-20-16-29(27-18-24(14-15-28(27)31-20)23-10-6-4-7-11-23)32-30-19-25-17-21(2)33(22(25)3)26-12-8-5-9-13-26/h5,8-9,12-19,23H,4,6-7,10-11H2,1-3H3,(H,31,32)/b30-19+. The number of hydrogen-bond donors (Lipinski definition) is 1. The number of anilines is 1. The van der Waals surface area contributed by atoms with Crippen LogP contribution in [-0.2, 0) is 0 Å². The summed E-state index contributed by atoms with van der Waals surface area (Å²) in [6.07, 6.45) is 8.56. The zero-order chi connectivity index (χ0) is 22.8. The highest BCUT2D eigenvalue weighted by Crippen LogP contribution is 2.35. The van der Waals surface area contributed by atoms with Crippen LogP contribution in [0.1, 0.15) is 66.2 Å². The van der Waals surface area contributed by atoms with Gasteiger partial charge in [0.05, 0.1) is 17.4 Å². The molecule has 2 aromatic heterocycles. The third-order valence-electron chi connectivity index (χ3n) is 6.91. The molecule has 5 rings (SSSR count). The lowest BCUT2D eigenvalue weighted by molar-refractivity contribution is 0.444. The predicted molar refractivity (Wildman–Crippen MR) is 139 cm³/mol. The average Bonchev–Trinajstić information content (AvgIpc) is 3.12. The van der Waals surface area contributed by atoms with Crippen molar-refractivity contribution in [3.63, 3.8) is 0 Å². The maximum absolute atomic E-state index is 4.76. The molecule has 1 N–H and O–H groups in total. The fraction of sp³-hybridized carbons (Fsp3) is 0.310. The summed E-state index contributed by atoms with van der Waals surface area (Å²) in [5, 5.41) is 5.79. The van der Waals surface area contributed by atoms with E-state index in [1.54, 1.807) is 0 Å². The van der Waals surface area contributed by atoms with Crippen LogP contribution < -0.4 is 5.43 Å². The van der Waals surface area contributed by atoms with Crippen molar-refractivity contribution in [2.45, 2.75) is 58.8 Å². The van der Waals surface area contributed by atoms with E-state index in [4.69, 9.17) is 4.98 Å². The van der Waals surface area contributed by atoms with Gasteiger partial charge in [-0.05, 0) is 81.5 Å². The third-order valence-corrected chi connectivity index (χ3v) is 6.91. The highest BCUT2D eigenvalue weighted by Gasteiger charge is 2.17. The Morgan fingerprint density at radius 3 is 2.52 bits per heavy atom. The fourth-order valence-corrected chi connectivity index (χ4v) is 5.22. The first kappa shape index (κ1) is 21.4. The molecule has 0 spiro atoms. The zero-order valence-electron chi connectivity index (χ0n) is 19.8. The molecule has 4 aromatic rings. The van der Waals surface area contributed by atoms with Crippen LogP contribution in [0.3, 0.4) is 0 Å². The number of nitrogens with one attached hydrogen (secondary N) is 1. The second-order valence-corrected chi connectivity index (χ2v) is 9.29. The molecule has 0 amide bonds. The van der Waals surface area contributed by atoms with Crippen LogP contribution in [0.25, 0.3) is 16.6 Å². The third kappa shape index (κ3) is 4.43. The minimum Gasteiger partial charge on any atom is -0.318 e. The smallest absolute Gasteiger partial charge is 0.0726 e. The van der Waals surface area contributed by atoms with Crippen molar-refractivity contribution in [2.75, 3.05) is 5.43 Å². The van der Waals surface area contributed by atoms with Gasteiger partial charge in [0.25, 0.3) is 0 Å². The van der Waals surface area contributed by atoms with Gasteiger partial charge in [0.1, 0.15) is 0 Å². The molecule has 0 radical (unpaired) electrons. The average molecular weight is 437 g/mol. The molecule has 33 heavy (non-hydrogen) atoms. The summed E-state index contributed by atoms with van der Waals surface area (Å²) in [6.45, 7) is 6.32. The number of hydrazone groups is 1. The molecule has 168 valence electrons. The van der Waals surface area contributed by atoms with E-state index in [2.05, 4.69) is 83.5 Å². The molecule has 0 saturated heterocycles. The summed E-state index contributed by atoms with van der Waals surface area (Å²) in [4.78, 5) is 4.76. The van der Waals surface area contributed by atoms with E-state index in [0.29, 0.717) is 5.92 Å². The monoisotopic (exact) mass is 436 g/mol. The molecule has 1 aliphatic carbocycles. The van der Waals surface area contributed by atoms with Gasteiger partial charge in [-0.2, -0.15) is 5.10 Å². The summed E-state index contributed by atoms with van der Waals surface area (Å²) in [7, 11) is 0. The Bertz CT molecular complexity index is 1290. The number of aromatic nitrogens is 2. The normalized spacial score (nSPS) is 14.9. The van der Waals surface area contributed by atoms with E-state index in [0.717, 1.165) is 27.8 Å². The molecule has 0 atom stereocenters. The van der Waals surface area contributed by atoms with Gasteiger partial charge in [0.2, 0.25) is 0 Å². The van der Waals surface area contributed by atoms with Crippen molar-refractivity contribution >= 4 is 22.8 Å². The van der Waals surface area contributed by atoms with E-state index >= 15 is 0 Å². The molecule has 0 unspecified atom stereocenters. The quantitative estimate of drug-likeness (QED) is 0.261. The number of nitrogens with zero attached hydrogens (tertiary/aromatic N) is 3. The number of aryl methyl sites for hydroxylation is 2. The summed E-state index contributed by atoms with van der Waals surface area (Å²) >= 11 is 0. The highest BCUT2D eigenvalue weighted by molar-refractivity contribution is 5.92. The minimum atomic E-state index is 0.671.